The standard InChI is InChI=1S/C22H15ClN2O3/c1-28-19-8-5-14(6-9-19)21(26)15-7-10-20-16(11-15)13-24-22(27)25(20)18-4-2-3-17(23)12-18/h2-13H,1H3. The predicted octanol–water partition coefficient (Wildman–Crippen LogP) is 4.28. The zero-order chi connectivity index (χ0) is 19.7. The van der Waals surface area contributed by atoms with E-state index in [-0.39, 0.29) is 5.78 Å². The van der Waals surface area contributed by atoms with E-state index in [0.717, 1.165) is 0 Å². The smallest absolute Gasteiger partial charge is 0.352 e. The average Bonchev–Trinajstić information content (AvgIpc) is 2.73. The second-order valence-electron chi connectivity index (χ2n) is 6.19. The zero-order valence-corrected chi connectivity index (χ0v) is 15.7. The van der Waals surface area contributed by atoms with Gasteiger partial charge in [-0.3, -0.25) is 9.36 Å². The van der Waals surface area contributed by atoms with Gasteiger partial charge in [-0.2, -0.15) is 0 Å². The lowest BCUT2D eigenvalue weighted by Gasteiger charge is -2.11. The SMILES string of the molecule is COc1ccc(C(=O)c2ccc3c(cnc(=O)n3-c3cccc(Cl)c3)c2)cc1. The van der Waals surface area contributed by atoms with E-state index in [1.165, 1.54) is 10.8 Å². The van der Waals surface area contributed by atoms with Crippen LogP contribution in [0.1, 0.15) is 15.9 Å². The van der Waals surface area contributed by atoms with Crippen molar-refractivity contribution in [2.45, 2.75) is 0 Å². The van der Waals surface area contributed by atoms with Gasteiger partial charge in [-0.05, 0) is 60.7 Å². The molecule has 6 heteroatoms. The summed E-state index contributed by atoms with van der Waals surface area (Å²) >= 11 is 6.07. The highest BCUT2D eigenvalue weighted by atomic mass is 35.5. The molecule has 3 aromatic carbocycles. The van der Waals surface area contributed by atoms with Crippen LogP contribution >= 0.6 is 11.6 Å². The normalized spacial score (nSPS) is 10.8. The monoisotopic (exact) mass is 390 g/mol. The van der Waals surface area contributed by atoms with Crippen LogP contribution in [0.2, 0.25) is 5.02 Å². The fraction of sp³-hybridized carbons (Fsp3) is 0.0455. The molecular formula is C22H15ClN2O3. The van der Waals surface area contributed by atoms with Crippen LogP contribution in [0.3, 0.4) is 0 Å². The molecule has 1 heterocycles. The first-order chi connectivity index (χ1) is 13.6. The molecule has 0 saturated carbocycles. The maximum atomic E-state index is 12.8. The molecule has 0 N–H and O–H groups in total. The largest absolute Gasteiger partial charge is 0.497 e. The summed E-state index contributed by atoms with van der Waals surface area (Å²) in [6.45, 7) is 0. The lowest BCUT2D eigenvalue weighted by molar-refractivity contribution is 0.103. The van der Waals surface area contributed by atoms with E-state index in [9.17, 15) is 9.59 Å². The number of benzene rings is 3. The van der Waals surface area contributed by atoms with E-state index in [0.29, 0.717) is 38.5 Å². The molecule has 0 aliphatic heterocycles. The molecule has 28 heavy (non-hydrogen) atoms. The summed E-state index contributed by atoms with van der Waals surface area (Å²) in [5.41, 5.74) is 1.91. The molecule has 0 aliphatic carbocycles. The lowest BCUT2D eigenvalue weighted by atomic mass is 10.0. The van der Waals surface area contributed by atoms with Gasteiger partial charge in [0.05, 0.1) is 18.3 Å². The van der Waals surface area contributed by atoms with Crippen LogP contribution in [0.4, 0.5) is 0 Å². The van der Waals surface area contributed by atoms with Crippen molar-refractivity contribution in [3.8, 4) is 11.4 Å². The number of methoxy groups -OCH3 is 1. The Morgan fingerprint density at radius 1 is 1.00 bits per heavy atom. The first-order valence-corrected chi connectivity index (χ1v) is 8.91. The molecule has 0 saturated heterocycles. The van der Waals surface area contributed by atoms with E-state index >= 15 is 0 Å². The Labute approximate surface area is 165 Å². The van der Waals surface area contributed by atoms with E-state index in [1.807, 2.05) is 0 Å². The van der Waals surface area contributed by atoms with E-state index in [1.54, 1.807) is 73.8 Å². The van der Waals surface area contributed by atoms with Crippen molar-refractivity contribution in [2.75, 3.05) is 7.11 Å². The fourth-order valence-electron chi connectivity index (χ4n) is 3.06. The van der Waals surface area contributed by atoms with Gasteiger partial charge in [0.1, 0.15) is 5.75 Å². The van der Waals surface area contributed by atoms with Crippen molar-refractivity contribution in [1.82, 2.24) is 9.55 Å². The van der Waals surface area contributed by atoms with Crippen molar-refractivity contribution in [3.05, 3.63) is 99.6 Å². The molecule has 1 aromatic heterocycles. The van der Waals surface area contributed by atoms with Crippen LogP contribution in [-0.4, -0.2) is 22.4 Å². The maximum Gasteiger partial charge on any atom is 0.352 e. The zero-order valence-electron chi connectivity index (χ0n) is 14.9. The number of fused-ring (bicyclic) bond motifs is 1. The van der Waals surface area contributed by atoms with Crippen LogP contribution in [-0.2, 0) is 0 Å². The minimum atomic E-state index is -0.413. The van der Waals surface area contributed by atoms with Crippen LogP contribution in [0, 0.1) is 0 Å². The number of nitrogens with zero attached hydrogens (tertiary/aromatic N) is 2. The number of halogens is 1. The fourth-order valence-corrected chi connectivity index (χ4v) is 3.25. The topological polar surface area (TPSA) is 61.2 Å². The highest BCUT2D eigenvalue weighted by Gasteiger charge is 2.13. The van der Waals surface area contributed by atoms with E-state index in [4.69, 9.17) is 16.3 Å². The summed E-state index contributed by atoms with van der Waals surface area (Å²) in [4.78, 5) is 29.1. The van der Waals surface area contributed by atoms with Crippen LogP contribution in [0.15, 0.2) is 77.7 Å². The summed E-state index contributed by atoms with van der Waals surface area (Å²) in [5.74, 6) is 0.565. The first kappa shape index (κ1) is 17.9. The Kier molecular flexibility index (Phi) is 4.67. The number of carbonyl (C=O) groups excluding carboxylic acids is 1. The molecule has 4 aromatic rings. The van der Waals surface area contributed by atoms with Crippen molar-refractivity contribution in [2.24, 2.45) is 0 Å². The maximum absolute atomic E-state index is 12.8. The highest BCUT2D eigenvalue weighted by molar-refractivity contribution is 6.30. The average molecular weight is 391 g/mol. The molecule has 0 unspecified atom stereocenters. The van der Waals surface area contributed by atoms with Gasteiger partial charge in [-0.1, -0.05) is 17.7 Å². The van der Waals surface area contributed by atoms with Gasteiger partial charge in [-0.15, -0.1) is 0 Å². The molecular weight excluding hydrogens is 376 g/mol. The van der Waals surface area contributed by atoms with Crippen molar-refractivity contribution in [1.29, 1.82) is 0 Å². The van der Waals surface area contributed by atoms with E-state index in [2.05, 4.69) is 4.98 Å². The Hall–Kier alpha value is -3.44. The number of aromatic nitrogens is 2. The molecule has 0 bridgehead atoms. The third-order valence-electron chi connectivity index (χ3n) is 4.45. The van der Waals surface area contributed by atoms with Gasteiger partial charge < -0.3 is 4.74 Å². The van der Waals surface area contributed by atoms with Gasteiger partial charge in [0.2, 0.25) is 0 Å². The summed E-state index contributed by atoms with van der Waals surface area (Å²) < 4.78 is 6.60. The molecule has 0 fully saturated rings. The van der Waals surface area contributed by atoms with Gasteiger partial charge >= 0.3 is 5.69 Å². The Morgan fingerprint density at radius 3 is 2.46 bits per heavy atom. The lowest BCUT2D eigenvalue weighted by Crippen LogP contribution is -2.21. The minimum Gasteiger partial charge on any atom is -0.497 e. The van der Waals surface area contributed by atoms with Crippen LogP contribution < -0.4 is 10.4 Å². The van der Waals surface area contributed by atoms with Gasteiger partial charge in [0.25, 0.3) is 0 Å². The second-order valence-corrected chi connectivity index (χ2v) is 6.62. The third-order valence-corrected chi connectivity index (χ3v) is 4.69. The van der Waals surface area contributed by atoms with Crippen molar-refractivity contribution >= 4 is 28.3 Å². The van der Waals surface area contributed by atoms with Crippen molar-refractivity contribution < 1.29 is 9.53 Å². The third kappa shape index (κ3) is 3.28. The number of ketones is 1. The number of rotatable bonds is 4. The number of hydrogen-bond donors (Lipinski definition) is 0. The quantitative estimate of drug-likeness (QED) is 0.488. The molecule has 0 atom stereocenters. The second kappa shape index (κ2) is 7.29. The molecule has 0 aliphatic rings. The van der Waals surface area contributed by atoms with Crippen LogP contribution in [0.25, 0.3) is 16.6 Å². The molecule has 4 rings (SSSR count). The van der Waals surface area contributed by atoms with Gasteiger partial charge in [0, 0.05) is 27.7 Å². The number of hydrogen-bond acceptors (Lipinski definition) is 4. The number of ether oxygens (including phenoxy) is 1. The Balaban J connectivity index is 1.81. The molecule has 5 nitrogen and oxygen atoms in total. The number of carbonyl (C=O) groups is 1. The predicted molar refractivity (Wildman–Crippen MR) is 109 cm³/mol. The summed E-state index contributed by atoms with van der Waals surface area (Å²) in [6.07, 6.45) is 1.48. The first-order valence-electron chi connectivity index (χ1n) is 8.53. The molecule has 0 radical (unpaired) electrons. The minimum absolute atomic E-state index is 0.120. The molecule has 0 amide bonds. The molecule has 0 spiro atoms. The van der Waals surface area contributed by atoms with Gasteiger partial charge in [-0.25, -0.2) is 9.78 Å². The Bertz CT molecular complexity index is 1250. The summed E-state index contributed by atoms with van der Waals surface area (Å²) in [6, 6.07) is 19.1. The summed E-state index contributed by atoms with van der Waals surface area (Å²) in [5, 5.41) is 1.20. The van der Waals surface area contributed by atoms with Crippen molar-refractivity contribution in [3.63, 3.8) is 0 Å². The van der Waals surface area contributed by atoms with E-state index < -0.39 is 5.69 Å². The summed E-state index contributed by atoms with van der Waals surface area (Å²) in [7, 11) is 1.58. The Morgan fingerprint density at radius 2 is 1.75 bits per heavy atom. The molecule has 138 valence electrons. The van der Waals surface area contributed by atoms with Gasteiger partial charge in [0.15, 0.2) is 5.78 Å². The highest BCUT2D eigenvalue weighted by Crippen LogP contribution is 2.22. The van der Waals surface area contributed by atoms with Crippen LogP contribution in [0.5, 0.6) is 5.75 Å².